The molecule has 2 aromatic heterocycles. The number of oxazole rings is 1. The molecule has 1 aliphatic rings. The van der Waals surface area contributed by atoms with Crippen LogP contribution in [0.2, 0.25) is 0 Å². The number of benzene rings is 2. The monoisotopic (exact) mass is 596 g/mol. The fourth-order valence-electron chi connectivity index (χ4n) is 4.40. The summed E-state index contributed by atoms with van der Waals surface area (Å²) in [5.74, 6) is -2.62. The van der Waals surface area contributed by atoms with E-state index in [2.05, 4.69) is 15.6 Å². The number of morpholine rings is 1. The molecule has 2 atom stereocenters. The minimum Gasteiger partial charge on any atom is -0.434 e. The number of para-hydroxylation sites is 2. The number of carbonyl (C=O) groups excluding carboxylic acids is 3. The summed E-state index contributed by atoms with van der Waals surface area (Å²) in [6, 6.07) is 15.5. The van der Waals surface area contributed by atoms with Gasteiger partial charge in [0.05, 0.1) is 24.7 Å². The zero-order valence-corrected chi connectivity index (χ0v) is 23.5. The van der Waals surface area contributed by atoms with E-state index in [1.54, 1.807) is 72.1 Å². The van der Waals surface area contributed by atoms with Gasteiger partial charge in [0.1, 0.15) is 17.6 Å². The normalized spacial score (nSPS) is 15.3. The zero-order chi connectivity index (χ0) is 28.8. The van der Waals surface area contributed by atoms with E-state index in [1.165, 1.54) is 16.2 Å². The fourth-order valence-corrected chi connectivity index (χ4v) is 6.73. The molecule has 13 heteroatoms. The van der Waals surface area contributed by atoms with Gasteiger partial charge in [-0.25, -0.2) is 18.2 Å². The summed E-state index contributed by atoms with van der Waals surface area (Å²) in [5, 5.41) is 6.97. The molecule has 1 fully saturated rings. The van der Waals surface area contributed by atoms with Gasteiger partial charge in [-0.2, -0.15) is 0 Å². The lowest BCUT2D eigenvalue weighted by molar-refractivity contribution is -0.123. The standard InChI is InChI=1S/C28H28N4O7S2/c33-25(27-29-20-9-4-5-10-22(20)39-27)24(23-11-6-16-40-23)31-26(34)21(30-28(35)32-12-14-38-15-13-32)18-41(36,37)17-19-7-2-1-3-8-19/h1-11,16,21,24H,12-15,17-18H2,(H,30,35)(H,31,34)/t21-,24?/m0/s1. The highest BCUT2D eigenvalue weighted by molar-refractivity contribution is 7.90. The van der Waals surface area contributed by atoms with Crippen molar-refractivity contribution in [3.8, 4) is 0 Å². The van der Waals surface area contributed by atoms with Gasteiger partial charge in [-0.05, 0) is 29.1 Å². The molecule has 0 aliphatic carbocycles. The van der Waals surface area contributed by atoms with E-state index >= 15 is 0 Å². The topological polar surface area (TPSA) is 148 Å². The van der Waals surface area contributed by atoms with Gasteiger partial charge < -0.3 is 24.7 Å². The molecule has 41 heavy (non-hydrogen) atoms. The predicted molar refractivity (Wildman–Crippen MR) is 152 cm³/mol. The van der Waals surface area contributed by atoms with E-state index in [9.17, 15) is 22.8 Å². The number of urea groups is 1. The van der Waals surface area contributed by atoms with Gasteiger partial charge in [0.15, 0.2) is 15.4 Å². The van der Waals surface area contributed by atoms with Crippen molar-refractivity contribution in [1.82, 2.24) is 20.5 Å². The molecular weight excluding hydrogens is 568 g/mol. The summed E-state index contributed by atoms with van der Waals surface area (Å²) >= 11 is 1.23. The third kappa shape index (κ3) is 7.17. The molecular formula is C28H28N4O7S2. The van der Waals surface area contributed by atoms with Crippen LogP contribution in [0, 0.1) is 0 Å². The predicted octanol–water partition coefficient (Wildman–Crippen LogP) is 2.95. The van der Waals surface area contributed by atoms with Gasteiger partial charge in [-0.1, -0.05) is 48.5 Å². The second kappa shape index (κ2) is 12.6. The summed E-state index contributed by atoms with van der Waals surface area (Å²) in [6.07, 6.45) is 0. The highest BCUT2D eigenvalue weighted by Crippen LogP contribution is 2.25. The van der Waals surface area contributed by atoms with E-state index in [0.29, 0.717) is 47.8 Å². The van der Waals surface area contributed by atoms with Crippen LogP contribution in [-0.4, -0.2) is 74.1 Å². The fraction of sp³-hybridized carbons (Fsp3) is 0.286. The maximum atomic E-state index is 13.7. The average Bonchev–Trinajstić information content (AvgIpc) is 3.66. The van der Waals surface area contributed by atoms with E-state index in [0.717, 1.165) is 0 Å². The summed E-state index contributed by atoms with van der Waals surface area (Å²) in [7, 11) is -3.87. The quantitative estimate of drug-likeness (QED) is 0.266. The first-order valence-electron chi connectivity index (χ1n) is 12.9. The van der Waals surface area contributed by atoms with Crippen LogP contribution in [0.1, 0.15) is 27.2 Å². The number of amides is 3. The molecule has 5 rings (SSSR count). The molecule has 2 aromatic carbocycles. The van der Waals surface area contributed by atoms with Gasteiger partial charge in [0.25, 0.3) is 5.89 Å². The van der Waals surface area contributed by atoms with E-state index in [1.807, 2.05) is 0 Å². The van der Waals surface area contributed by atoms with Crippen LogP contribution in [-0.2, 0) is 25.1 Å². The Morgan fingerprint density at radius 3 is 2.39 bits per heavy atom. The van der Waals surface area contributed by atoms with Crippen LogP contribution >= 0.6 is 11.3 Å². The Morgan fingerprint density at radius 2 is 1.68 bits per heavy atom. The number of thiophene rings is 1. The lowest BCUT2D eigenvalue weighted by atomic mass is 10.1. The Kier molecular flexibility index (Phi) is 8.76. The summed E-state index contributed by atoms with van der Waals surface area (Å²) in [5.41, 5.74) is 1.44. The SMILES string of the molecule is O=C(c1nc2ccccc2o1)C(NC(=O)[C@H](CS(=O)(=O)Cc1ccccc1)NC(=O)N1CCOCC1)c1cccs1. The number of nitrogens with zero attached hydrogens (tertiary/aromatic N) is 2. The largest absolute Gasteiger partial charge is 0.434 e. The van der Waals surface area contributed by atoms with Crippen molar-refractivity contribution >= 4 is 50.0 Å². The number of hydrogen-bond donors (Lipinski definition) is 2. The molecule has 214 valence electrons. The average molecular weight is 597 g/mol. The molecule has 4 aromatic rings. The first-order chi connectivity index (χ1) is 19.8. The molecule has 1 saturated heterocycles. The van der Waals surface area contributed by atoms with Crippen LogP contribution < -0.4 is 10.6 Å². The smallest absolute Gasteiger partial charge is 0.318 e. The van der Waals surface area contributed by atoms with Crippen LogP contribution in [0.5, 0.6) is 0 Å². The van der Waals surface area contributed by atoms with Crippen molar-refractivity contribution in [2.24, 2.45) is 0 Å². The first kappa shape index (κ1) is 28.5. The maximum absolute atomic E-state index is 13.7. The lowest BCUT2D eigenvalue weighted by Gasteiger charge is -2.29. The van der Waals surface area contributed by atoms with Crippen molar-refractivity contribution in [1.29, 1.82) is 0 Å². The third-order valence-corrected chi connectivity index (χ3v) is 9.00. The number of hydrogen-bond acceptors (Lipinski definition) is 9. The minimum absolute atomic E-state index is 0.199. The second-order valence-electron chi connectivity index (χ2n) is 9.45. The summed E-state index contributed by atoms with van der Waals surface area (Å²) in [6.45, 7) is 1.25. The molecule has 11 nitrogen and oxygen atoms in total. The zero-order valence-electron chi connectivity index (χ0n) is 21.9. The highest BCUT2D eigenvalue weighted by atomic mass is 32.2. The van der Waals surface area contributed by atoms with Gasteiger partial charge in [0, 0.05) is 18.0 Å². The number of ketones is 1. The maximum Gasteiger partial charge on any atom is 0.318 e. The van der Waals surface area contributed by atoms with Crippen molar-refractivity contribution in [3.05, 3.63) is 88.4 Å². The lowest BCUT2D eigenvalue weighted by Crippen LogP contribution is -2.56. The van der Waals surface area contributed by atoms with E-state index in [-0.39, 0.29) is 11.6 Å². The molecule has 0 bridgehead atoms. The highest BCUT2D eigenvalue weighted by Gasteiger charge is 2.34. The summed E-state index contributed by atoms with van der Waals surface area (Å²) in [4.78, 5) is 46.5. The number of fused-ring (bicyclic) bond motifs is 1. The van der Waals surface area contributed by atoms with Crippen molar-refractivity contribution in [3.63, 3.8) is 0 Å². The van der Waals surface area contributed by atoms with E-state index < -0.39 is 45.4 Å². The van der Waals surface area contributed by atoms with Crippen molar-refractivity contribution in [2.75, 3.05) is 32.1 Å². The number of rotatable bonds is 10. The first-order valence-corrected chi connectivity index (χ1v) is 15.6. The van der Waals surface area contributed by atoms with Crippen molar-refractivity contribution < 1.29 is 32.0 Å². The van der Waals surface area contributed by atoms with Crippen molar-refractivity contribution in [2.45, 2.75) is 17.8 Å². The molecule has 0 saturated carbocycles. The molecule has 3 amide bonds. The molecule has 1 unspecified atom stereocenters. The van der Waals surface area contributed by atoms with Gasteiger partial charge in [-0.15, -0.1) is 11.3 Å². The van der Waals surface area contributed by atoms with Crippen LogP contribution in [0.25, 0.3) is 11.1 Å². The Hall–Kier alpha value is -4.07. The van der Waals surface area contributed by atoms with Gasteiger partial charge >= 0.3 is 6.03 Å². The Labute approximate surface area is 240 Å². The molecule has 1 aliphatic heterocycles. The minimum atomic E-state index is -3.87. The van der Waals surface area contributed by atoms with Crippen LogP contribution in [0.4, 0.5) is 4.79 Å². The number of aromatic nitrogens is 1. The Morgan fingerprint density at radius 1 is 0.951 bits per heavy atom. The molecule has 3 heterocycles. The van der Waals surface area contributed by atoms with Gasteiger partial charge in [0.2, 0.25) is 11.7 Å². The second-order valence-corrected chi connectivity index (χ2v) is 12.5. The third-order valence-electron chi connectivity index (χ3n) is 6.44. The Balaban J connectivity index is 1.40. The van der Waals surface area contributed by atoms with Gasteiger partial charge in [-0.3, -0.25) is 9.59 Å². The Bertz CT molecular complexity index is 1580. The summed E-state index contributed by atoms with van der Waals surface area (Å²) < 4.78 is 37.3. The van der Waals surface area contributed by atoms with Crippen LogP contribution in [0.15, 0.2) is 76.5 Å². The molecule has 0 radical (unpaired) electrons. The molecule has 2 N–H and O–H groups in total. The van der Waals surface area contributed by atoms with E-state index in [4.69, 9.17) is 9.15 Å². The number of ether oxygens (including phenoxy) is 1. The number of sulfone groups is 1. The number of Topliss-reactive ketones (excluding diaryl/α,β-unsaturated/α-hetero) is 1. The number of carbonyl (C=O) groups is 3. The number of nitrogens with one attached hydrogen (secondary N) is 2. The molecule has 0 spiro atoms. The van der Waals surface area contributed by atoms with Crippen LogP contribution in [0.3, 0.4) is 0 Å².